The molecule has 0 fully saturated rings. The van der Waals surface area contributed by atoms with Crippen LogP contribution in [0.1, 0.15) is 25.9 Å². The molecule has 0 aliphatic heterocycles. The fourth-order valence-electron chi connectivity index (χ4n) is 2.55. The fraction of sp³-hybridized carbons (Fsp3) is 0.350. The highest BCUT2D eigenvalue weighted by molar-refractivity contribution is 7.12. The summed E-state index contributed by atoms with van der Waals surface area (Å²) in [6.45, 7) is 1.95. The lowest BCUT2D eigenvalue weighted by Crippen LogP contribution is -2.37. The Balaban J connectivity index is 1.53. The van der Waals surface area contributed by atoms with Crippen LogP contribution >= 0.6 is 11.3 Å². The second-order valence-electron chi connectivity index (χ2n) is 7.38. The monoisotopic (exact) mass is 402 g/mol. The highest BCUT2D eigenvalue weighted by Crippen LogP contribution is 2.22. The first kappa shape index (κ1) is 20.2. The van der Waals surface area contributed by atoms with E-state index in [9.17, 15) is 9.59 Å². The zero-order valence-electron chi connectivity index (χ0n) is 16.2. The summed E-state index contributed by atoms with van der Waals surface area (Å²) >= 11 is 1.13. The highest BCUT2D eigenvalue weighted by atomic mass is 32.1. The van der Waals surface area contributed by atoms with Crippen molar-refractivity contribution in [3.8, 4) is 0 Å². The number of aromatic nitrogens is 2. The van der Waals surface area contributed by atoms with Gasteiger partial charge in [-0.3, -0.25) is 4.79 Å². The average molecular weight is 402 g/mol. The van der Waals surface area contributed by atoms with Gasteiger partial charge in [0, 0.05) is 22.5 Å². The summed E-state index contributed by atoms with van der Waals surface area (Å²) in [5.41, 5.74) is 1.56. The van der Waals surface area contributed by atoms with Gasteiger partial charge in [0.05, 0.1) is 39.9 Å². The third-order valence-electron chi connectivity index (χ3n) is 4.11. The molecule has 2 heterocycles. The normalized spacial score (nSPS) is 11.7. The zero-order chi connectivity index (χ0) is 20.1. The Hall–Kier alpha value is -2.55. The van der Waals surface area contributed by atoms with E-state index < -0.39 is 5.97 Å². The molecule has 28 heavy (non-hydrogen) atoms. The lowest BCUT2D eigenvalue weighted by Gasteiger charge is -2.23. The molecule has 0 unspecified atom stereocenters. The van der Waals surface area contributed by atoms with Crippen molar-refractivity contribution in [3.63, 3.8) is 0 Å². The number of quaternary nitrogens is 1. The lowest BCUT2D eigenvalue weighted by atomic mass is 10.1. The van der Waals surface area contributed by atoms with E-state index in [1.807, 2.05) is 24.3 Å². The summed E-state index contributed by atoms with van der Waals surface area (Å²) in [4.78, 5) is 32.1. The summed E-state index contributed by atoms with van der Waals surface area (Å²) < 4.78 is 11.4. The molecule has 0 spiro atoms. The van der Waals surface area contributed by atoms with Crippen molar-refractivity contribution >= 4 is 34.0 Å². The molecule has 8 heteroatoms. The van der Waals surface area contributed by atoms with Gasteiger partial charge < -0.3 is 18.9 Å². The smallest absolute Gasteiger partial charge is 0.357 e. The van der Waals surface area contributed by atoms with Crippen molar-refractivity contribution in [2.45, 2.75) is 0 Å². The molecule has 3 rings (SSSR count). The van der Waals surface area contributed by atoms with Crippen LogP contribution in [0.5, 0.6) is 0 Å². The maximum atomic E-state index is 12.7. The minimum atomic E-state index is -0.551. The van der Waals surface area contributed by atoms with Gasteiger partial charge >= 0.3 is 5.97 Å². The van der Waals surface area contributed by atoms with Crippen molar-refractivity contribution in [2.24, 2.45) is 0 Å². The molecule has 1 N–H and O–H groups in total. The van der Waals surface area contributed by atoms with E-state index in [0.717, 1.165) is 33.3 Å². The van der Waals surface area contributed by atoms with Crippen molar-refractivity contribution in [3.05, 3.63) is 52.1 Å². The van der Waals surface area contributed by atoms with Crippen LogP contribution in [0.15, 0.2) is 35.8 Å². The number of rotatable bonds is 9. The molecular formula is C20H24N3O4S+. The predicted octanol–water partition coefficient (Wildman–Crippen LogP) is 2.74. The quantitative estimate of drug-likeness (QED) is 0.258. The first-order valence-corrected chi connectivity index (χ1v) is 9.85. The van der Waals surface area contributed by atoms with E-state index in [4.69, 9.17) is 9.47 Å². The number of para-hydroxylation sites is 1. The molecule has 0 amide bonds. The maximum Gasteiger partial charge on any atom is 0.357 e. The number of nitrogens with zero attached hydrogens (tertiary/aromatic N) is 2. The minimum absolute atomic E-state index is 0.138. The van der Waals surface area contributed by atoms with Crippen LogP contribution in [-0.2, 0) is 9.47 Å². The van der Waals surface area contributed by atoms with Crippen LogP contribution < -0.4 is 0 Å². The zero-order valence-corrected chi connectivity index (χ0v) is 17.0. The van der Waals surface area contributed by atoms with Gasteiger partial charge in [-0.15, -0.1) is 11.3 Å². The maximum absolute atomic E-state index is 12.7. The number of aromatic amines is 1. The van der Waals surface area contributed by atoms with Crippen LogP contribution in [0.3, 0.4) is 0 Å². The number of benzene rings is 1. The second kappa shape index (κ2) is 8.64. The van der Waals surface area contributed by atoms with Crippen LogP contribution in [0.25, 0.3) is 10.9 Å². The summed E-state index contributed by atoms with van der Waals surface area (Å²) in [5.74, 6) is -0.769. The van der Waals surface area contributed by atoms with Gasteiger partial charge in [0.15, 0.2) is 10.7 Å². The molecule has 0 saturated heterocycles. The topological polar surface area (TPSA) is 81.3 Å². The van der Waals surface area contributed by atoms with E-state index in [2.05, 4.69) is 31.1 Å². The SMILES string of the molecule is C[N+](C)(C)CCOCCOC(=O)c1csc(C(=O)c2c[nH]c3ccccc23)n1. The largest absolute Gasteiger partial charge is 0.458 e. The number of hydrogen-bond donors (Lipinski definition) is 1. The third-order valence-corrected chi connectivity index (χ3v) is 4.95. The molecule has 0 aliphatic rings. The lowest BCUT2D eigenvalue weighted by molar-refractivity contribution is -0.870. The molecule has 0 atom stereocenters. The van der Waals surface area contributed by atoms with Gasteiger partial charge in [-0.25, -0.2) is 9.78 Å². The van der Waals surface area contributed by atoms with Gasteiger partial charge in [0.2, 0.25) is 5.78 Å². The minimum Gasteiger partial charge on any atom is -0.458 e. The van der Waals surface area contributed by atoms with Crippen LogP contribution in [0, 0.1) is 0 Å². The number of ether oxygens (including phenoxy) is 2. The molecule has 0 saturated carbocycles. The van der Waals surface area contributed by atoms with E-state index in [1.165, 1.54) is 0 Å². The molecular weight excluding hydrogens is 378 g/mol. The first-order chi connectivity index (χ1) is 13.3. The van der Waals surface area contributed by atoms with E-state index >= 15 is 0 Å². The standard InChI is InChI=1S/C20H23N3O4S/c1-23(2,3)8-9-26-10-11-27-20(25)17-13-28-19(22-17)18(24)15-12-21-16-7-5-4-6-14(15)16/h4-7,12-13H,8-11H2,1-3H3/p+1. The Morgan fingerprint density at radius 1 is 1.14 bits per heavy atom. The predicted molar refractivity (Wildman–Crippen MR) is 108 cm³/mol. The molecule has 1 aromatic carbocycles. The van der Waals surface area contributed by atoms with Crippen molar-refractivity contribution in [1.29, 1.82) is 0 Å². The summed E-state index contributed by atoms with van der Waals surface area (Å²) in [5, 5.41) is 2.64. The van der Waals surface area contributed by atoms with E-state index in [1.54, 1.807) is 11.6 Å². The van der Waals surface area contributed by atoms with Crippen LogP contribution in [0.2, 0.25) is 0 Å². The van der Waals surface area contributed by atoms with Crippen LogP contribution in [-0.4, -0.2) is 73.7 Å². The number of fused-ring (bicyclic) bond motifs is 1. The number of hydrogen-bond acceptors (Lipinski definition) is 6. The summed E-state index contributed by atoms with van der Waals surface area (Å²) in [6, 6.07) is 7.55. The number of likely N-dealkylation sites (N-methyl/N-ethyl adjacent to an activating group) is 1. The second-order valence-corrected chi connectivity index (χ2v) is 8.24. The number of thiazole rings is 1. The van der Waals surface area contributed by atoms with Gasteiger partial charge in [-0.2, -0.15) is 0 Å². The Kier molecular flexibility index (Phi) is 6.23. The Labute approximate surface area is 167 Å². The van der Waals surface area contributed by atoms with E-state index in [-0.39, 0.29) is 23.1 Å². The molecule has 3 aromatic rings. The Morgan fingerprint density at radius 2 is 1.93 bits per heavy atom. The molecule has 0 aliphatic carbocycles. The Bertz CT molecular complexity index is 971. The molecule has 0 radical (unpaired) electrons. The Morgan fingerprint density at radius 3 is 2.71 bits per heavy atom. The van der Waals surface area contributed by atoms with Crippen molar-refractivity contribution in [2.75, 3.05) is 47.5 Å². The third kappa shape index (κ3) is 5.03. The van der Waals surface area contributed by atoms with Crippen LogP contribution in [0.4, 0.5) is 0 Å². The van der Waals surface area contributed by atoms with E-state index in [0.29, 0.717) is 18.8 Å². The number of nitrogens with one attached hydrogen (secondary N) is 1. The number of carbonyl (C=O) groups excluding carboxylic acids is 2. The number of H-pyrrole nitrogens is 1. The van der Waals surface area contributed by atoms with Gasteiger partial charge in [0.1, 0.15) is 13.2 Å². The number of carbonyl (C=O) groups is 2. The first-order valence-electron chi connectivity index (χ1n) is 8.97. The van der Waals surface area contributed by atoms with Crippen molar-refractivity contribution in [1.82, 2.24) is 9.97 Å². The van der Waals surface area contributed by atoms with Gasteiger partial charge in [-0.1, -0.05) is 18.2 Å². The van der Waals surface area contributed by atoms with Crippen molar-refractivity contribution < 1.29 is 23.5 Å². The highest BCUT2D eigenvalue weighted by Gasteiger charge is 2.20. The molecule has 148 valence electrons. The van der Waals surface area contributed by atoms with Gasteiger partial charge in [0.25, 0.3) is 0 Å². The molecule has 2 aromatic heterocycles. The average Bonchev–Trinajstić information content (AvgIpc) is 3.30. The summed E-state index contributed by atoms with van der Waals surface area (Å²) in [6.07, 6.45) is 1.67. The number of ketones is 1. The van der Waals surface area contributed by atoms with Gasteiger partial charge in [-0.05, 0) is 6.07 Å². The summed E-state index contributed by atoms with van der Waals surface area (Å²) in [7, 11) is 6.25. The molecule has 0 bridgehead atoms. The molecule has 7 nitrogen and oxygen atoms in total. The fourth-order valence-corrected chi connectivity index (χ4v) is 3.29. The number of esters is 1.